The van der Waals surface area contributed by atoms with Gasteiger partial charge in [0, 0.05) is 37.7 Å². The Kier molecular flexibility index (Phi) is 7.96. The molecule has 14 nitrogen and oxygen atoms in total. The zero-order chi connectivity index (χ0) is 37.8. The van der Waals surface area contributed by atoms with Crippen molar-refractivity contribution in [3.8, 4) is 5.75 Å². The van der Waals surface area contributed by atoms with Gasteiger partial charge in [0.2, 0.25) is 11.8 Å². The molecule has 3 aromatic carbocycles. The number of amides is 4. The van der Waals surface area contributed by atoms with Crippen molar-refractivity contribution in [3.05, 3.63) is 103 Å². The number of fused-ring (bicyclic) bond motifs is 4. The molecule has 4 amide bonds. The molecule has 1 saturated carbocycles. The first-order valence-electron chi connectivity index (χ1n) is 16.0. The molecule has 268 valence electrons. The van der Waals surface area contributed by atoms with Crippen LogP contribution in [0.2, 0.25) is 0 Å². The minimum Gasteiger partial charge on any atom is -0.507 e. The van der Waals surface area contributed by atoms with E-state index in [4.69, 9.17) is 23.2 Å². The minimum atomic E-state index is -2.28. The molecule has 7 rings (SSSR count). The fourth-order valence-electron chi connectivity index (χ4n) is 8.37. The highest BCUT2D eigenvalue weighted by molar-refractivity contribution is 6.58. The first-order chi connectivity index (χ1) is 24.4. The standard InChI is InChI=1S/C35H28Cl2FN5O9/c1-16-5-4-6-22(29(16)44)27-20-11-12-21-26(23(20)15-34(36)32(47)41(33(48)35(27,34)37)18-9-7-17(38)8-10-18)31(46)40(30(21)45)19-13-24(42(49)50)28(39(2)3)25(14-19)43(51)52/h4-11,13-14,21,23,26-27,44H,12,15H2,1-3H3. The summed E-state index contributed by atoms with van der Waals surface area (Å²) in [5.74, 6) is -9.09. The van der Waals surface area contributed by atoms with Gasteiger partial charge < -0.3 is 10.0 Å². The molecule has 0 radical (unpaired) electrons. The molecule has 0 bridgehead atoms. The number of allylic oxidation sites excluding steroid dienone is 2. The molecule has 6 unspecified atom stereocenters. The van der Waals surface area contributed by atoms with Gasteiger partial charge in [-0.05, 0) is 55.5 Å². The molecule has 2 aliphatic heterocycles. The number of nitro benzene ring substituents is 2. The normalized spacial score (nSPS) is 28.0. The first kappa shape index (κ1) is 35.0. The molecule has 52 heavy (non-hydrogen) atoms. The summed E-state index contributed by atoms with van der Waals surface area (Å²) in [5.41, 5.74) is -1.27. The number of carbonyl (C=O) groups is 4. The maximum atomic E-state index is 14.5. The number of rotatable bonds is 6. The van der Waals surface area contributed by atoms with Crippen molar-refractivity contribution in [2.24, 2.45) is 17.8 Å². The number of alkyl halides is 2. The molecule has 3 aromatic rings. The van der Waals surface area contributed by atoms with Gasteiger partial charge in [-0.2, -0.15) is 0 Å². The molecule has 0 spiro atoms. The largest absolute Gasteiger partial charge is 0.507 e. The van der Waals surface area contributed by atoms with Gasteiger partial charge in [0.05, 0.1) is 33.1 Å². The fourth-order valence-corrected chi connectivity index (χ4v) is 9.30. The van der Waals surface area contributed by atoms with Crippen LogP contribution in [0.25, 0.3) is 0 Å². The van der Waals surface area contributed by atoms with Crippen LogP contribution in [0.1, 0.15) is 29.9 Å². The van der Waals surface area contributed by atoms with E-state index in [1.54, 1.807) is 25.1 Å². The lowest BCUT2D eigenvalue weighted by molar-refractivity contribution is -0.392. The van der Waals surface area contributed by atoms with Crippen LogP contribution in [0.15, 0.2) is 66.2 Å². The second-order valence-electron chi connectivity index (χ2n) is 13.5. The summed E-state index contributed by atoms with van der Waals surface area (Å²) in [5, 5.41) is 35.6. The molecule has 17 heteroatoms. The molecule has 1 N–H and O–H groups in total. The van der Waals surface area contributed by atoms with E-state index < -0.39 is 90.5 Å². The van der Waals surface area contributed by atoms with E-state index in [0.717, 1.165) is 29.2 Å². The number of aromatic hydroxyl groups is 1. The van der Waals surface area contributed by atoms with Gasteiger partial charge in [0.15, 0.2) is 15.4 Å². The van der Waals surface area contributed by atoms with Crippen molar-refractivity contribution in [1.29, 1.82) is 0 Å². The zero-order valence-corrected chi connectivity index (χ0v) is 29.1. The highest BCUT2D eigenvalue weighted by atomic mass is 35.5. The predicted octanol–water partition coefficient (Wildman–Crippen LogP) is 5.49. The number of nitrogens with zero attached hydrogens (tertiary/aromatic N) is 5. The van der Waals surface area contributed by atoms with Crippen molar-refractivity contribution >= 4 is 75.3 Å². The van der Waals surface area contributed by atoms with Gasteiger partial charge in [-0.3, -0.25) is 39.4 Å². The highest BCUT2D eigenvalue weighted by Crippen LogP contribution is 2.66. The van der Waals surface area contributed by atoms with Gasteiger partial charge in [0.1, 0.15) is 11.6 Å². The van der Waals surface area contributed by atoms with Crippen LogP contribution < -0.4 is 14.7 Å². The van der Waals surface area contributed by atoms with E-state index in [9.17, 15) is 48.9 Å². The lowest BCUT2D eigenvalue weighted by atomic mass is 9.56. The number of phenols is 1. The summed E-state index contributed by atoms with van der Waals surface area (Å²) < 4.78 is 13.9. The third kappa shape index (κ3) is 4.61. The van der Waals surface area contributed by atoms with Crippen LogP contribution in [0, 0.1) is 50.7 Å². The van der Waals surface area contributed by atoms with E-state index in [1.165, 1.54) is 37.2 Å². The van der Waals surface area contributed by atoms with Crippen LogP contribution >= 0.6 is 23.2 Å². The summed E-state index contributed by atoms with van der Waals surface area (Å²) in [6.07, 6.45) is 1.13. The lowest BCUT2D eigenvalue weighted by Crippen LogP contribution is -2.60. The molecule has 6 atom stereocenters. The number of hydrogen-bond donors (Lipinski definition) is 1. The quantitative estimate of drug-likeness (QED) is 0.111. The summed E-state index contributed by atoms with van der Waals surface area (Å²) in [6, 6.07) is 11.1. The van der Waals surface area contributed by atoms with E-state index >= 15 is 0 Å². The van der Waals surface area contributed by atoms with Crippen molar-refractivity contribution in [2.45, 2.75) is 35.4 Å². The first-order valence-corrected chi connectivity index (χ1v) is 16.7. The van der Waals surface area contributed by atoms with E-state index in [-0.39, 0.29) is 34.8 Å². The van der Waals surface area contributed by atoms with Crippen LogP contribution in [0.5, 0.6) is 5.75 Å². The monoisotopic (exact) mass is 751 g/mol. The molecule has 0 aromatic heterocycles. The maximum absolute atomic E-state index is 14.5. The number of anilines is 3. The Balaban J connectivity index is 1.40. The van der Waals surface area contributed by atoms with Gasteiger partial charge >= 0.3 is 11.4 Å². The second-order valence-corrected chi connectivity index (χ2v) is 14.8. The molecular formula is C35H28Cl2FN5O9. The van der Waals surface area contributed by atoms with Crippen LogP contribution in [0.3, 0.4) is 0 Å². The average Bonchev–Trinajstić information content (AvgIpc) is 3.43. The fraction of sp³-hybridized carbons (Fsp3) is 0.314. The molecule has 2 saturated heterocycles. The van der Waals surface area contributed by atoms with E-state index in [0.29, 0.717) is 16.0 Å². The highest BCUT2D eigenvalue weighted by Gasteiger charge is 2.77. The Labute approximate surface area is 304 Å². The summed E-state index contributed by atoms with van der Waals surface area (Å²) in [6.45, 7) is 1.61. The smallest absolute Gasteiger partial charge is 0.301 e. The Morgan fingerprint density at radius 1 is 0.885 bits per heavy atom. The van der Waals surface area contributed by atoms with Crippen molar-refractivity contribution < 1.29 is 38.5 Å². The van der Waals surface area contributed by atoms with Gasteiger partial charge in [-0.1, -0.05) is 29.8 Å². The van der Waals surface area contributed by atoms with Gasteiger partial charge in [-0.25, -0.2) is 14.2 Å². The summed E-state index contributed by atoms with van der Waals surface area (Å²) >= 11 is 14.7. The average molecular weight is 753 g/mol. The van der Waals surface area contributed by atoms with E-state index in [2.05, 4.69) is 0 Å². The molecule has 2 aliphatic carbocycles. The predicted molar refractivity (Wildman–Crippen MR) is 186 cm³/mol. The van der Waals surface area contributed by atoms with Crippen molar-refractivity contribution in [1.82, 2.24) is 0 Å². The number of para-hydroxylation sites is 1. The number of benzene rings is 3. The van der Waals surface area contributed by atoms with E-state index in [1.807, 2.05) is 0 Å². The van der Waals surface area contributed by atoms with Crippen LogP contribution in [-0.2, 0) is 19.2 Å². The Hall–Kier alpha value is -5.41. The number of aryl methyl sites for hydroxylation is 1. The molecule has 3 fully saturated rings. The zero-order valence-electron chi connectivity index (χ0n) is 27.6. The number of carbonyl (C=O) groups excluding carboxylic acids is 4. The van der Waals surface area contributed by atoms with Crippen molar-refractivity contribution in [2.75, 3.05) is 28.8 Å². The van der Waals surface area contributed by atoms with Crippen LogP contribution in [-0.4, -0.2) is 62.4 Å². The SMILES string of the molecule is Cc1cccc(C2C3=CCC4C(=O)N(c5cc([N+](=O)[O-])c(N(C)C)c([N+](=O)[O-])c5)C(=O)C4C3CC3(Cl)C(=O)N(c4ccc(F)cc4)C(=O)C23Cl)c1O. The number of nitro groups is 2. The lowest BCUT2D eigenvalue weighted by Gasteiger charge is -2.50. The Bertz CT molecular complexity index is 2160. The number of phenolic OH excluding ortho intramolecular Hbond substituents is 1. The topological polar surface area (TPSA) is 185 Å². The van der Waals surface area contributed by atoms with Gasteiger partial charge in [-0.15, -0.1) is 23.2 Å². The van der Waals surface area contributed by atoms with Gasteiger partial charge in [0.25, 0.3) is 11.8 Å². The van der Waals surface area contributed by atoms with Crippen molar-refractivity contribution in [3.63, 3.8) is 0 Å². The maximum Gasteiger partial charge on any atom is 0.301 e. The second kappa shape index (κ2) is 11.8. The minimum absolute atomic E-state index is 0.0180. The summed E-state index contributed by atoms with van der Waals surface area (Å²) in [4.78, 5) is 78.0. The molecule has 4 aliphatic rings. The third-order valence-electron chi connectivity index (χ3n) is 10.6. The number of hydrogen-bond acceptors (Lipinski definition) is 10. The Morgan fingerprint density at radius 2 is 1.50 bits per heavy atom. The molecular weight excluding hydrogens is 724 g/mol. The van der Waals surface area contributed by atoms with Crippen LogP contribution in [0.4, 0.5) is 32.8 Å². The number of imide groups is 2. The Morgan fingerprint density at radius 3 is 2.08 bits per heavy atom. The third-order valence-corrected chi connectivity index (χ3v) is 12.0. The summed E-state index contributed by atoms with van der Waals surface area (Å²) in [7, 11) is 2.75. The molecule has 2 heterocycles. The number of halogens is 3.